The van der Waals surface area contributed by atoms with E-state index in [1.54, 1.807) is 7.11 Å². The summed E-state index contributed by atoms with van der Waals surface area (Å²) >= 11 is 0. The largest absolute Gasteiger partial charge is 0.497 e. The van der Waals surface area contributed by atoms with Gasteiger partial charge in [0.1, 0.15) is 5.75 Å². The van der Waals surface area contributed by atoms with E-state index in [1.165, 1.54) is 5.56 Å². The maximum Gasteiger partial charge on any atom is 0.490 e. The van der Waals surface area contributed by atoms with Crippen LogP contribution in [0.4, 0.5) is 39.5 Å². The summed E-state index contributed by atoms with van der Waals surface area (Å²) in [4.78, 5) is 36.2. The summed E-state index contributed by atoms with van der Waals surface area (Å²) in [6.45, 7) is 6.92. The zero-order valence-electron chi connectivity index (χ0n) is 25.1. The summed E-state index contributed by atoms with van der Waals surface area (Å²) in [7, 11) is 1.71. The third kappa shape index (κ3) is 16.1. The molecular formula is C28H32F9N3O8. The quantitative estimate of drug-likeness (QED) is 0.366. The molecule has 0 amide bonds. The molecule has 3 heterocycles. The Bertz CT molecular complexity index is 1230. The van der Waals surface area contributed by atoms with Gasteiger partial charge < -0.3 is 24.8 Å². The lowest BCUT2D eigenvalue weighted by atomic mass is 9.89. The summed E-state index contributed by atoms with van der Waals surface area (Å²) in [5.41, 5.74) is 2.50. The van der Waals surface area contributed by atoms with Gasteiger partial charge in [-0.25, -0.2) is 14.4 Å². The number of rotatable bonds is 5. The van der Waals surface area contributed by atoms with Gasteiger partial charge in [-0.1, -0.05) is 18.2 Å². The number of carbonyl (C=O) groups is 3. The van der Waals surface area contributed by atoms with E-state index in [2.05, 4.69) is 39.0 Å². The molecule has 1 aromatic heterocycles. The molecule has 2 fully saturated rings. The Morgan fingerprint density at radius 2 is 1.25 bits per heavy atom. The van der Waals surface area contributed by atoms with Crippen molar-refractivity contribution in [1.82, 2.24) is 14.8 Å². The van der Waals surface area contributed by atoms with E-state index in [0.29, 0.717) is 0 Å². The molecular weight excluding hydrogens is 677 g/mol. The number of aromatic nitrogens is 1. The number of benzene rings is 1. The number of aliphatic carboxylic acids is 3. The van der Waals surface area contributed by atoms with Crippen molar-refractivity contribution in [3.8, 4) is 5.75 Å². The van der Waals surface area contributed by atoms with E-state index in [9.17, 15) is 39.5 Å². The molecule has 0 saturated carbocycles. The molecule has 3 N–H and O–H groups in total. The number of halogens is 9. The minimum atomic E-state index is -5.08. The summed E-state index contributed by atoms with van der Waals surface area (Å²) in [5, 5.41) is 21.4. The first-order valence-electron chi connectivity index (χ1n) is 13.6. The first-order chi connectivity index (χ1) is 22.1. The number of likely N-dealkylation sites (tertiary alicyclic amines) is 1. The molecule has 2 aliphatic heterocycles. The molecule has 1 spiro atoms. The molecule has 0 bridgehead atoms. The lowest BCUT2D eigenvalue weighted by Gasteiger charge is -2.47. The molecule has 4 rings (SSSR count). The van der Waals surface area contributed by atoms with Crippen molar-refractivity contribution in [3.63, 3.8) is 0 Å². The van der Waals surface area contributed by atoms with E-state index < -0.39 is 36.4 Å². The average Bonchev–Trinajstić information content (AvgIpc) is 2.99. The van der Waals surface area contributed by atoms with Crippen LogP contribution in [0.25, 0.3) is 0 Å². The van der Waals surface area contributed by atoms with E-state index in [4.69, 9.17) is 39.2 Å². The Labute approximate surface area is 267 Å². The Morgan fingerprint density at radius 1 is 0.771 bits per heavy atom. The number of methoxy groups -OCH3 is 1. The highest BCUT2D eigenvalue weighted by Gasteiger charge is 2.41. The smallest absolute Gasteiger partial charge is 0.490 e. The number of ether oxygens (including phenoxy) is 2. The van der Waals surface area contributed by atoms with E-state index in [1.807, 2.05) is 24.4 Å². The highest BCUT2D eigenvalue weighted by atomic mass is 19.4. The third-order valence-corrected chi connectivity index (χ3v) is 6.50. The number of carboxylic acids is 3. The summed E-state index contributed by atoms with van der Waals surface area (Å²) in [5.74, 6) is -7.35. The van der Waals surface area contributed by atoms with Crippen molar-refractivity contribution in [3.05, 3.63) is 59.9 Å². The minimum Gasteiger partial charge on any atom is -0.497 e. The van der Waals surface area contributed by atoms with Crippen molar-refractivity contribution in [2.24, 2.45) is 0 Å². The van der Waals surface area contributed by atoms with Gasteiger partial charge in [-0.05, 0) is 42.7 Å². The SMILES string of the molecule is COc1ccc(CN2CCC3(CC2)CN(Cc2ccccn2)CCO3)cc1.O=C(O)C(F)(F)F.O=C(O)C(F)(F)F.O=C(O)C(F)(F)F. The Hall–Kier alpha value is -4.17. The number of nitrogens with zero attached hydrogens (tertiary/aromatic N) is 3. The molecule has 0 radical (unpaired) electrons. The standard InChI is InChI=1S/C22H29N3O2.3C2HF3O2/c1-26-21-7-5-19(6-8-21)16-24-12-9-22(10-13-24)18-25(14-15-27-22)17-20-4-2-3-11-23-20;3*3-2(4,5)1(6)7/h2-8,11H,9-10,12-18H2,1H3;3*(H,6,7). The highest BCUT2D eigenvalue weighted by molar-refractivity contribution is 5.73. The molecule has 2 aromatic rings. The van der Waals surface area contributed by atoms with Gasteiger partial charge in [0, 0.05) is 45.5 Å². The van der Waals surface area contributed by atoms with Gasteiger partial charge in [-0.3, -0.25) is 14.8 Å². The average molecular weight is 710 g/mol. The Morgan fingerprint density at radius 3 is 1.65 bits per heavy atom. The van der Waals surface area contributed by atoms with Gasteiger partial charge in [0.2, 0.25) is 0 Å². The van der Waals surface area contributed by atoms with E-state index >= 15 is 0 Å². The van der Waals surface area contributed by atoms with Crippen molar-refractivity contribution in [2.75, 3.05) is 39.9 Å². The molecule has 2 saturated heterocycles. The fraction of sp³-hybridized carbons (Fsp3) is 0.500. The van der Waals surface area contributed by atoms with Crippen molar-refractivity contribution < 1.29 is 78.7 Å². The Balaban J connectivity index is 0.000000448. The van der Waals surface area contributed by atoms with Crippen LogP contribution in [0.2, 0.25) is 0 Å². The van der Waals surface area contributed by atoms with Crippen molar-refractivity contribution in [2.45, 2.75) is 50.1 Å². The summed E-state index contributed by atoms with van der Waals surface area (Å²) in [6.07, 6.45) is -11.2. The molecule has 0 unspecified atom stereocenters. The number of hydrogen-bond donors (Lipinski definition) is 3. The van der Waals surface area contributed by atoms with Crippen molar-refractivity contribution >= 4 is 17.9 Å². The topological polar surface area (TPSA) is 150 Å². The van der Waals surface area contributed by atoms with Crippen LogP contribution in [-0.2, 0) is 32.2 Å². The molecule has 0 aliphatic carbocycles. The van der Waals surface area contributed by atoms with Gasteiger partial charge in [0.25, 0.3) is 0 Å². The van der Waals surface area contributed by atoms with Crippen LogP contribution in [0.15, 0.2) is 48.7 Å². The summed E-state index contributed by atoms with van der Waals surface area (Å²) in [6, 6.07) is 14.6. The number of carboxylic acid groups (broad SMARTS) is 3. The molecule has 11 nitrogen and oxygen atoms in total. The molecule has 48 heavy (non-hydrogen) atoms. The molecule has 0 atom stereocenters. The van der Waals surface area contributed by atoms with Crippen LogP contribution in [0.3, 0.4) is 0 Å². The predicted octanol–water partition coefficient (Wildman–Crippen LogP) is 4.86. The lowest BCUT2D eigenvalue weighted by molar-refractivity contribution is -0.193. The van der Waals surface area contributed by atoms with Gasteiger partial charge in [0.15, 0.2) is 0 Å². The highest BCUT2D eigenvalue weighted by Crippen LogP contribution is 2.31. The Kier molecular flexibility index (Phi) is 16.0. The zero-order chi connectivity index (χ0) is 36.8. The van der Waals surface area contributed by atoms with Crippen LogP contribution < -0.4 is 4.74 Å². The van der Waals surface area contributed by atoms with Crippen LogP contribution in [0.1, 0.15) is 24.1 Å². The van der Waals surface area contributed by atoms with Gasteiger partial charge in [0.05, 0.1) is 25.0 Å². The normalized spacial score (nSPS) is 16.5. The monoisotopic (exact) mass is 709 g/mol. The van der Waals surface area contributed by atoms with Crippen LogP contribution in [-0.4, -0.2) is 112 Å². The molecule has 270 valence electrons. The van der Waals surface area contributed by atoms with E-state index in [-0.39, 0.29) is 5.60 Å². The first kappa shape index (κ1) is 41.9. The predicted molar refractivity (Wildman–Crippen MR) is 147 cm³/mol. The minimum absolute atomic E-state index is 0.0173. The van der Waals surface area contributed by atoms with Gasteiger partial charge in [-0.15, -0.1) is 0 Å². The van der Waals surface area contributed by atoms with Gasteiger partial charge >= 0.3 is 36.4 Å². The fourth-order valence-electron chi connectivity index (χ4n) is 4.19. The fourth-order valence-corrected chi connectivity index (χ4v) is 4.19. The number of morpholine rings is 1. The van der Waals surface area contributed by atoms with E-state index in [0.717, 1.165) is 70.2 Å². The molecule has 2 aliphatic rings. The first-order valence-corrected chi connectivity index (χ1v) is 13.6. The van der Waals surface area contributed by atoms with Crippen LogP contribution in [0.5, 0.6) is 5.75 Å². The number of piperidine rings is 1. The van der Waals surface area contributed by atoms with Crippen molar-refractivity contribution in [1.29, 1.82) is 0 Å². The van der Waals surface area contributed by atoms with Crippen LogP contribution in [0, 0.1) is 0 Å². The maximum absolute atomic E-state index is 10.6. The summed E-state index contributed by atoms with van der Waals surface area (Å²) < 4.78 is 107. The molecule has 1 aromatic carbocycles. The van der Waals surface area contributed by atoms with Gasteiger partial charge in [-0.2, -0.15) is 39.5 Å². The van der Waals surface area contributed by atoms with Crippen LogP contribution >= 0.6 is 0 Å². The second-order valence-electron chi connectivity index (χ2n) is 10.1. The maximum atomic E-state index is 10.6. The third-order valence-electron chi connectivity index (χ3n) is 6.50. The number of alkyl halides is 9. The number of hydrogen-bond acceptors (Lipinski definition) is 8. The number of pyridine rings is 1. The zero-order valence-corrected chi connectivity index (χ0v) is 25.1. The molecule has 20 heteroatoms. The second kappa shape index (κ2) is 18.4. The second-order valence-corrected chi connectivity index (χ2v) is 10.1. The lowest BCUT2D eigenvalue weighted by Crippen LogP contribution is -2.56.